The summed E-state index contributed by atoms with van der Waals surface area (Å²) in [7, 11) is 0. The lowest BCUT2D eigenvalue weighted by atomic mass is 9.79. The van der Waals surface area contributed by atoms with Crippen LogP contribution in [0.1, 0.15) is 57.4 Å². The van der Waals surface area contributed by atoms with Crippen LogP contribution in [0.15, 0.2) is 24.3 Å². The van der Waals surface area contributed by atoms with Gasteiger partial charge in [0, 0.05) is 30.9 Å². The number of anilines is 1. The van der Waals surface area contributed by atoms with Crippen LogP contribution in [0.25, 0.3) is 0 Å². The third-order valence-corrected chi connectivity index (χ3v) is 5.66. The van der Waals surface area contributed by atoms with E-state index in [4.69, 9.17) is 0 Å². The van der Waals surface area contributed by atoms with Gasteiger partial charge in [-0.1, -0.05) is 51.3 Å². The first-order chi connectivity index (χ1) is 11.6. The Morgan fingerprint density at radius 3 is 2.75 bits per heavy atom. The summed E-state index contributed by atoms with van der Waals surface area (Å²) in [5, 5.41) is 6.71. The van der Waals surface area contributed by atoms with Crippen molar-refractivity contribution in [3.63, 3.8) is 0 Å². The van der Waals surface area contributed by atoms with Crippen LogP contribution < -0.4 is 10.6 Å². The molecule has 3 rings (SSSR count). The van der Waals surface area contributed by atoms with Gasteiger partial charge in [0.1, 0.15) is 0 Å². The fourth-order valence-electron chi connectivity index (χ4n) is 4.31. The standard InChI is InChI=1S/C20H31N3O/c1-16(2)17-8-4-5-9-18(17)22-19(24)14-23-13-12-21-15-20(23)10-6-3-7-11-20/h4-5,8-9,16,21H,3,6-7,10-15H2,1-2H3,(H,22,24). The molecular weight excluding hydrogens is 298 g/mol. The number of nitrogens with zero attached hydrogens (tertiary/aromatic N) is 1. The van der Waals surface area contributed by atoms with E-state index in [0.717, 1.165) is 25.3 Å². The van der Waals surface area contributed by atoms with Crippen molar-refractivity contribution in [2.45, 2.75) is 57.4 Å². The maximum atomic E-state index is 12.7. The molecule has 0 radical (unpaired) electrons. The summed E-state index contributed by atoms with van der Waals surface area (Å²) < 4.78 is 0. The number of benzene rings is 1. The highest BCUT2D eigenvalue weighted by Gasteiger charge is 2.40. The number of para-hydroxylation sites is 1. The maximum absolute atomic E-state index is 12.7. The Bertz CT molecular complexity index is 555. The Kier molecular flexibility index (Phi) is 5.57. The zero-order chi connectivity index (χ0) is 17.0. The smallest absolute Gasteiger partial charge is 0.238 e. The van der Waals surface area contributed by atoms with Gasteiger partial charge in [-0.05, 0) is 30.4 Å². The molecule has 0 bridgehead atoms. The second-order valence-corrected chi connectivity index (χ2v) is 7.67. The topological polar surface area (TPSA) is 44.4 Å². The van der Waals surface area contributed by atoms with Gasteiger partial charge in [-0.25, -0.2) is 0 Å². The average molecular weight is 329 g/mol. The number of carbonyl (C=O) groups excluding carboxylic acids is 1. The molecule has 24 heavy (non-hydrogen) atoms. The van der Waals surface area contributed by atoms with Crippen molar-refractivity contribution < 1.29 is 4.79 Å². The molecule has 1 spiro atoms. The lowest BCUT2D eigenvalue weighted by Crippen LogP contribution is -2.63. The normalized spacial score (nSPS) is 21.1. The number of piperazine rings is 1. The molecule has 1 aromatic rings. The predicted octanol–water partition coefficient (Wildman–Crippen LogP) is 3.36. The van der Waals surface area contributed by atoms with Gasteiger partial charge in [0.2, 0.25) is 5.91 Å². The van der Waals surface area contributed by atoms with Gasteiger partial charge in [0.05, 0.1) is 6.54 Å². The Hall–Kier alpha value is -1.39. The summed E-state index contributed by atoms with van der Waals surface area (Å²) in [5.41, 5.74) is 2.37. The van der Waals surface area contributed by atoms with Crippen molar-refractivity contribution >= 4 is 11.6 Å². The minimum absolute atomic E-state index is 0.120. The molecule has 1 aliphatic carbocycles. The maximum Gasteiger partial charge on any atom is 0.238 e. The molecule has 4 nitrogen and oxygen atoms in total. The summed E-state index contributed by atoms with van der Waals surface area (Å²) >= 11 is 0. The molecule has 1 saturated carbocycles. The molecule has 2 N–H and O–H groups in total. The van der Waals surface area contributed by atoms with E-state index in [9.17, 15) is 4.79 Å². The van der Waals surface area contributed by atoms with E-state index < -0.39 is 0 Å². The number of hydrogen-bond donors (Lipinski definition) is 2. The lowest BCUT2D eigenvalue weighted by molar-refractivity contribution is -0.120. The van der Waals surface area contributed by atoms with Crippen LogP contribution >= 0.6 is 0 Å². The van der Waals surface area contributed by atoms with Crippen molar-refractivity contribution in [1.82, 2.24) is 10.2 Å². The molecule has 1 saturated heterocycles. The van der Waals surface area contributed by atoms with E-state index in [1.807, 2.05) is 18.2 Å². The third kappa shape index (κ3) is 3.81. The van der Waals surface area contributed by atoms with Crippen LogP contribution in [0.2, 0.25) is 0 Å². The van der Waals surface area contributed by atoms with E-state index in [2.05, 4.69) is 35.4 Å². The predicted molar refractivity (Wildman–Crippen MR) is 99.4 cm³/mol. The second kappa shape index (κ2) is 7.66. The van der Waals surface area contributed by atoms with Gasteiger partial charge in [0.25, 0.3) is 0 Å². The Morgan fingerprint density at radius 2 is 2.00 bits per heavy atom. The van der Waals surface area contributed by atoms with Crippen LogP contribution in [0.4, 0.5) is 5.69 Å². The summed E-state index contributed by atoms with van der Waals surface area (Å²) in [5.74, 6) is 0.528. The van der Waals surface area contributed by atoms with Crippen LogP contribution in [0.5, 0.6) is 0 Å². The monoisotopic (exact) mass is 329 g/mol. The average Bonchev–Trinajstić information content (AvgIpc) is 2.58. The van der Waals surface area contributed by atoms with Crippen molar-refractivity contribution in [1.29, 1.82) is 0 Å². The van der Waals surface area contributed by atoms with Gasteiger partial charge < -0.3 is 10.6 Å². The highest BCUT2D eigenvalue weighted by atomic mass is 16.2. The van der Waals surface area contributed by atoms with E-state index >= 15 is 0 Å². The number of nitrogens with one attached hydrogen (secondary N) is 2. The molecule has 1 aromatic carbocycles. The van der Waals surface area contributed by atoms with Crippen LogP contribution in [-0.4, -0.2) is 42.5 Å². The minimum Gasteiger partial charge on any atom is -0.325 e. The highest BCUT2D eigenvalue weighted by Crippen LogP contribution is 2.34. The van der Waals surface area contributed by atoms with E-state index in [1.54, 1.807) is 0 Å². The van der Waals surface area contributed by atoms with Crippen molar-refractivity contribution in [2.24, 2.45) is 0 Å². The summed E-state index contributed by atoms with van der Waals surface area (Å²) in [6.45, 7) is 7.82. The van der Waals surface area contributed by atoms with E-state index in [-0.39, 0.29) is 11.4 Å². The Balaban J connectivity index is 1.67. The molecule has 0 atom stereocenters. The highest BCUT2D eigenvalue weighted by molar-refractivity contribution is 5.93. The molecule has 1 aliphatic heterocycles. The molecule has 1 heterocycles. The summed E-state index contributed by atoms with van der Waals surface area (Å²) in [6.07, 6.45) is 6.35. The molecule has 1 amide bonds. The molecule has 0 aromatic heterocycles. The van der Waals surface area contributed by atoms with Crippen LogP contribution in [0.3, 0.4) is 0 Å². The fraction of sp³-hybridized carbons (Fsp3) is 0.650. The third-order valence-electron chi connectivity index (χ3n) is 5.66. The van der Waals surface area contributed by atoms with Gasteiger partial charge in [0.15, 0.2) is 0 Å². The van der Waals surface area contributed by atoms with E-state index in [0.29, 0.717) is 12.5 Å². The number of rotatable bonds is 4. The molecule has 2 fully saturated rings. The minimum atomic E-state index is 0.120. The fourth-order valence-corrected chi connectivity index (χ4v) is 4.31. The second-order valence-electron chi connectivity index (χ2n) is 7.67. The lowest BCUT2D eigenvalue weighted by Gasteiger charge is -2.49. The zero-order valence-electron chi connectivity index (χ0n) is 15.1. The Labute approximate surface area is 146 Å². The van der Waals surface area contributed by atoms with Crippen LogP contribution in [-0.2, 0) is 4.79 Å². The molecular formula is C20H31N3O. The van der Waals surface area contributed by atoms with Crippen LogP contribution in [0, 0.1) is 0 Å². The quantitative estimate of drug-likeness (QED) is 0.890. The van der Waals surface area contributed by atoms with Gasteiger partial charge in [-0.3, -0.25) is 9.69 Å². The van der Waals surface area contributed by atoms with Gasteiger partial charge in [-0.15, -0.1) is 0 Å². The zero-order valence-corrected chi connectivity index (χ0v) is 15.1. The Morgan fingerprint density at radius 1 is 1.25 bits per heavy atom. The number of carbonyl (C=O) groups is 1. The largest absolute Gasteiger partial charge is 0.325 e. The summed E-state index contributed by atoms with van der Waals surface area (Å²) in [6, 6.07) is 8.16. The van der Waals surface area contributed by atoms with Crippen molar-refractivity contribution in [2.75, 3.05) is 31.5 Å². The van der Waals surface area contributed by atoms with Crippen molar-refractivity contribution in [3.8, 4) is 0 Å². The molecule has 132 valence electrons. The first-order valence-electron chi connectivity index (χ1n) is 9.45. The molecule has 0 unspecified atom stereocenters. The number of hydrogen-bond acceptors (Lipinski definition) is 3. The van der Waals surface area contributed by atoms with Crippen molar-refractivity contribution in [3.05, 3.63) is 29.8 Å². The first kappa shape index (κ1) is 17.4. The SMILES string of the molecule is CC(C)c1ccccc1NC(=O)CN1CCNCC12CCCCC2. The molecule has 2 aliphatic rings. The van der Waals surface area contributed by atoms with Gasteiger partial charge in [-0.2, -0.15) is 0 Å². The van der Waals surface area contributed by atoms with Gasteiger partial charge >= 0.3 is 0 Å². The van der Waals surface area contributed by atoms with E-state index in [1.165, 1.54) is 37.7 Å². The molecule has 4 heteroatoms. The number of amides is 1. The first-order valence-corrected chi connectivity index (χ1v) is 9.45. The summed E-state index contributed by atoms with van der Waals surface area (Å²) in [4.78, 5) is 15.1.